The molecule has 168 valence electrons. The number of carbonyl (C=O) groups is 1. The second-order valence-corrected chi connectivity index (χ2v) is 8.96. The summed E-state index contributed by atoms with van der Waals surface area (Å²) in [5, 5.41) is 27.4. The first kappa shape index (κ1) is 22.1. The highest BCUT2D eigenvalue weighted by atomic mass is 32.2. The Morgan fingerprint density at radius 1 is 1.03 bits per heavy atom. The van der Waals surface area contributed by atoms with E-state index in [-0.39, 0.29) is 17.7 Å². The molecular formula is C22H19N5O5S. The number of pyridine rings is 1. The van der Waals surface area contributed by atoms with Crippen LogP contribution in [0.1, 0.15) is 15.9 Å². The molecule has 1 atom stereocenters. The molecule has 0 saturated carbocycles. The van der Waals surface area contributed by atoms with Crippen LogP contribution < -0.4 is 4.72 Å². The molecule has 10 nitrogen and oxygen atoms in total. The summed E-state index contributed by atoms with van der Waals surface area (Å²) in [6, 6.07) is 18.0. The van der Waals surface area contributed by atoms with Gasteiger partial charge in [0.1, 0.15) is 5.69 Å². The molecule has 4 rings (SSSR count). The lowest BCUT2D eigenvalue weighted by Crippen LogP contribution is -2.29. The topological polar surface area (TPSA) is 147 Å². The number of nitrogens with one attached hydrogen (secondary N) is 1. The maximum absolute atomic E-state index is 12.6. The summed E-state index contributed by atoms with van der Waals surface area (Å²) >= 11 is 0. The van der Waals surface area contributed by atoms with Gasteiger partial charge in [0.15, 0.2) is 5.44 Å². The number of aromatic carboxylic acids is 1. The van der Waals surface area contributed by atoms with Gasteiger partial charge in [-0.1, -0.05) is 41.6 Å². The normalized spacial score (nSPS) is 12.3. The minimum atomic E-state index is -4.07. The molecule has 0 radical (unpaired) electrons. The van der Waals surface area contributed by atoms with E-state index in [1.165, 1.54) is 29.1 Å². The van der Waals surface area contributed by atoms with E-state index >= 15 is 0 Å². The van der Waals surface area contributed by atoms with Gasteiger partial charge in [-0.05, 0) is 35.9 Å². The third-order valence-corrected chi connectivity index (χ3v) is 6.15. The van der Waals surface area contributed by atoms with Crippen molar-refractivity contribution in [2.75, 3.05) is 4.72 Å². The van der Waals surface area contributed by atoms with E-state index in [0.29, 0.717) is 22.6 Å². The van der Waals surface area contributed by atoms with Crippen LogP contribution in [0.25, 0.3) is 17.1 Å². The highest BCUT2D eigenvalue weighted by Gasteiger charge is 2.23. The maximum Gasteiger partial charge on any atom is 0.335 e. The Bertz CT molecular complexity index is 1390. The van der Waals surface area contributed by atoms with E-state index < -0.39 is 21.4 Å². The number of hydrogen-bond donors (Lipinski definition) is 3. The van der Waals surface area contributed by atoms with Crippen LogP contribution in [0.15, 0.2) is 79.1 Å². The van der Waals surface area contributed by atoms with E-state index in [4.69, 9.17) is 5.11 Å². The smallest absolute Gasteiger partial charge is 0.335 e. The molecule has 2 aromatic heterocycles. The molecule has 0 spiro atoms. The summed E-state index contributed by atoms with van der Waals surface area (Å²) < 4.78 is 28.9. The number of anilines is 1. The Morgan fingerprint density at radius 2 is 1.82 bits per heavy atom. The number of aliphatic hydroxyl groups is 1. The van der Waals surface area contributed by atoms with E-state index in [9.17, 15) is 18.3 Å². The van der Waals surface area contributed by atoms with Crippen LogP contribution in [-0.4, -0.2) is 50.0 Å². The highest BCUT2D eigenvalue weighted by Crippen LogP contribution is 2.20. The van der Waals surface area contributed by atoms with Crippen molar-refractivity contribution in [3.8, 4) is 17.1 Å². The number of rotatable bonds is 8. The molecule has 0 saturated heterocycles. The van der Waals surface area contributed by atoms with Crippen LogP contribution in [0.3, 0.4) is 0 Å². The predicted octanol–water partition coefficient (Wildman–Crippen LogP) is 2.33. The fraction of sp³-hybridized carbons (Fsp3) is 0.0909. The van der Waals surface area contributed by atoms with Gasteiger partial charge in [-0.25, -0.2) is 17.9 Å². The molecule has 0 bridgehead atoms. The van der Waals surface area contributed by atoms with Gasteiger partial charge in [0.2, 0.25) is 0 Å². The van der Waals surface area contributed by atoms with Gasteiger partial charge < -0.3 is 10.2 Å². The molecule has 2 aromatic carbocycles. The quantitative estimate of drug-likeness (QED) is 0.359. The van der Waals surface area contributed by atoms with Crippen molar-refractivity contribution in [3.05, 3.63) is 90.3 Å². The lowest BCUT2D eigenvalue weighted by atomic mass is 10.2. The fourth-order valence-electron chi connectivity index (χ4n) is 3.08. The molecule has 3 N–H and O–H groups in total. The van der Waals surface area contributed by atoms with E-state index in [1.54, 1.807) is 48.7 Å². The van der Waals surface area contributed by atoms with Crippen molar-refractivity contribution in [2.24, 2.45) is 0 Å². The highest BCUT2D eigenvalue weighted by molar-refractivity contribution is 7.93. The van der Waals surface area contributed by atoms with Gasteiger partial charge in [-0.3, -0.25) is 9.71 Å². The number of hydrogen-bond acceptors (Lipinski definition) is 7. The lowest BCUT2D eigenvalue weighted by molar-refractivity contribution is 0.0696. The van der Waals surface area contributed by atoms with Crippen molar-refractivity contribution in [1.29, 1.82) is 0 Å². The van der Waals surface area contributed by atoms with E-state index in [1.807, 2.05) is 6.07 Å². The molecule has 4 aromatic rings. The fourth-order valence-corrected chi connectivity index (χ4v) is 4.08. The zero-order valence-electron chi connectivity index (χ0n) is 17.1. The predicted molar refractivity (Wildman–Crippen MR) is 120 cm³/mol. The summed E-state index contributed by atoms with van der Waals surface area (Å²) in [6.07, 6.45) is 2.87. The van der Waals surface area contributed by atoms with Gasteiger partial charge in [-0.15, -0.1) is 5.10 Å². The Morgan fingerprint density at radius 3 is 2.58 bits per heavy atom. The maximum atomic E-state index is 12.6. The number of carboxylic acids is 1. The first-order valence-corrected chi connectivity index (χ1v) is 11.3. The van der Waals surface area contributed by atoms with Crippen molar-refractivity contribution in [2.45, 2.75) is 11.9 Å². The van der Waals surface area contributed by atoms with Gasteiger partial charge in [-0.2, -0.15) is 0 Å². The summed E-state index contributed by atoms with van der Waals surface area (Å²) in [5.41, 5.74) is 0.557. The molecule has 0 amide bonds. The molecule has 0 aliphatic heterocycles. The molecule has 0 aliphatic carbocycles. The Labute approximate surface area is 189 Å². The van der Waals surface area contributed by atoms with Crippen LogP contribution >= 0.6 is 0 Å². The number of benzene rings is 2. The Kier molecular flexibility index (Phi) is 6.16. The minimum absolute atomic E-state index is 0.0509. The third kappa shape index (κ3) is 5.22. The van der Waals surface area contributed by atoms with Gasteiger partial charge in [0, 0.05) is 12.6 Å². The summed E-state index contributed by atoms with van der Waals surface area (Å²) in [5.74, 6) is -1.08. The monoisotopic (exact) mass is 465 g/mol. The zero-order chi connectivity index (χ0) is 23.4. The SMILES string of the molecule is O=C(O)c1ccnc(-c2cn(-c3cccc(NS(=O)(=O)C(O)Cc4ccccc4)c3)nn2)c1. The van der Waals surface area contributed by atoms with E-state index in [2.05, 4.69) is 20.0 Å². The van der Waals surface area contributed by atoms with Gasteiger partial charge >= 0.3 is 5.97 Å². The zero-order valence-corrected chi connectivity index (χ0v) is 17.9. The van der Waals surface area contributed by atoms with Crippen molar-refractivity contribution >= 4 is 21.7 Å². The number of aliphatic hydroxyl groups excluding tert-OH is 1. The first-order valence-electron chi connectivity index (χ1n) is 9.78. The second-order valence-electron chi connectivity index (χ2n) is 7.13. The van der Waals surface area contributed by atoms with Gasteiger partial charge in [0.05, 0.1) is 28.8 Å². The van der Waals surface area contributed by atoms with Crippen molar-refractivity contribution in [3.63, 3.8) is 0 Å². The number of carboxylic acid groups (broad SMARTS) is 1. The van der Waals surface area contributed by atoms with Crippen molar-refractivity contribution < 1.29 is 23.4 Å². The molecule has 33 heavy (non-hydrogen) atoms. The lowest BCUT2D eigenvalue weighted by Gasteiger charge is -2.14. The molecule has 0 aliphatic rings. The molecular weight excluding hydrogens is 446 g/mol. The number of sulfonamides is 1. The summed E-state index contributed by atoms with van der Waals surface area (Å²) in [4.78, 5) is 15.3. The first-order chi connectivity index (χ1) is 15.8. The standard InChI is InChI=1S/C22H19N5O5S/c28-21(11-15-5-2-1-3-6-15)33(31,32)25-17-7-4-8-18(13-17)27-14-20(24-26-27)19-12-16(22(29)30)9-10-23-19/h1-10,12-14,21,25,28H,11H2,(H,29,30). The second kappa shape index (κ2) is 9.18. The Hall–Kier alpha value is -4.09. The minimum Gasteiger partial charge on any atom is -0.478 e. The average molecular weight is 465 g/mol. The van der Waals surface area contributed by atoms with Gasteiger partial charge in [0.25, 0.3) is 10.0 Å². The van der Waals surface area contributed by atoms with Crippen LogP contribution in [0.4, 0.5) is 5.69 Å². The largest absolute Gasteiger partial charge is 0.478 e. The number of aromatic nitrogens is 4. The molecule has 1 unspecified atom stereocenters. The van der Waals surface area contributed by atoms with Crippen LogP contribution in [-0.2, 0) is 16.4 Å². The third-order valence-electron chi connectivity index (χ3n) is 4.74. The van der Waals surface area contributed by atoms with Crippen molar-refractivity contribution in [1.82, 2.24) is 20.0 Å². The molecule has 11 heteroatoms. The molecule has 2 heterocycles. The van der Waals surface area contributed by atoms with Crippen LogP contribution in [0, 0.1) is 0 Å². The summed E-state index contributed by atoms with van der Waals surface area (Å²) in [6.45, 7) is 0. The molecule has 0 fully saturated rings. The van der Waals surface area contributed by atoms with Crippen LogP contribution in [0.2, 0.25) is 0 Å². The summed E-state index contributed by atoms with van der Waals surface area (Å²) in [7, 11) is -4.07. The van der Waals surface area contributed by atoms with Crippen LogP contribution in [0.5, 0.6) is 0 Å². The number of nitrogens with zero attached hydrogens (tertiary/aromatic N) is 4. The average Bonchev–Trinajstić information content (AvgIpc) is 3.30. The Balaban J connectivity index is 1.53. The van der Waals surface area contributed by atoms with E-state index in [0.717, 1.165) is 0 Å².